The summed E-state index contributed by atoms with van der Waals surface area (Å²) in [5, 5.41) is 34.1. The Morgan fingerprint density at radius 1 is 0.838 bits per heavy atom. The van der Waals surface area contributed by atoms with Crippen LogP contribution in [0.15, 0.2) is 85.6 Å². The summed E-state index contributed by atoms with van der Waals surface area (Å²) in [4.78, 5) is 21.0. The molecular weight excluding hydrogens is 974 g/mol. The Bertz CT molecular complexity index is 3130. The average molecular weight is 1040 g/mol. The van der Waals surface area contributed by atoms with Crippen LogP contribution in [0.3, 0.4) is 0 Å². The second-order valence-electron chi connectivity index (χ2n) is 20.8. The number of fused-ring (bicyclic) bond motifs is 5. The van der Waals surface area contributed by atoms with Gasteiger partial charge < -0.3 is 24.6 Å². The van der Waals surface area contributed by atoms with Gasteiger partial charge in [0.2, 0.25) is 15.9 Å². The summed E-state index contributed by atoms with van der Waals surface area (Å²) < 4.78 is 78.4. The molecule has 74 heavy (non-hydrogen) atoms. The van der Waals surface area contributed by atoms with Gasteiger partial charge in [0.25, 0.3) is 0 Å². The molecular formula is C54H63F3N10O6S. The van der Waals surface area contributed by atoms with Crippen molar-refractivity contribution >= 4 is 21.4 Å². The summed E-state index contributed by atoms with van der Waals surface area (Å²) in [6.07, 6.45) is 8.95. The fourth-order valence-corrected chi connectivity index (χ4v) is 12.3. The molecule has 5 atom stereocenters. The second-order valence-corrected chi connectivity index (χ2v) is 22.7. The number of nitriles is 1. The van der Waals surface area contributed by atoms with E-state index in [9.17, 15) is 37.1 Å². The monoisotopic (exact) mass is 1040 g/mol. The van der Waals surface area contributed by atoms with Gasteiger partial charge in [0.1, 0.15) is 24.2 Å². The quantitative estimate of drug-likeness (QED) is 0.111. The van der Waals surface area contributed by atoms with Gasteiger partial charge in [0, 0.05) is 105 Å². The van der Waals surface area contributed by atoms with Gasteiger partial charge in [-0.15, -0.1) is 0 Å². The Kier molecular flexibility index (Phi) is 14.6. The SMILES string of the molecule is CCc1cc(CN2CC3CCC(C2)N3S(C)(=O)=O)ncc1-c1ccc(C(C)(O)C(F)(F)F)cc1C.COc1ccc(CN2C3CC2CN(c2ccc(-c4cc(OCC(C)(C)O)cn5ncc(C#N)c45)cn2)C3)cn1. The first-order valence-electron chi connectivity index (χ1n) is 24.9. The first-order chi connectivity index (χ1) is 35.0. The van der Waals surface area contributed by atoms with Crippen molar-refractivity contribution in [3.63, 3.8) is 0 Å². The predicted molar refractivity (Wildman–Crippen MR) is 274 cm³/mol. The van der Waals surface area contributed by atoms with Crippen LogP contribution in [0.2, 0.25) is 0 Å². The Hall–Kier alpha value is -6.21. The molecule has 1 aromatic carbocycles. The van der Waals surface area contributed by atoms with Gasteiger partial charge in [-0.25, -0.2) is 22.9 Å². The molecule has 0 spiro atoms. The minimum Gasteiger partial charge on any atom is -0.489 e. The average Bonchev–Trinajstić information content (AvgIpc) is 3.92. The molecule has 0 aliphatic carbocycles. The number of rotatable bonds is 14. The van der Waals surface area contributed by atoms with Crippen molar-refractivity contribution in [2.75, 3.05) is 51.1 Å². The van der Waals surface area contributed by atoms with Crippen LogP contribution >= 0.6 is 0 Å². The van der Waals surface area contributed by atoms with Crippen molar-refractivity contribution in [1.29, 1.82) is 5.26 Å². The number of pyridine rings is 4. The molecule has 4 bridgehead atoms. The lowest BCUT2D eigenvalue weighted by molar-refractivity contribution is -0.258. The molecule has 0 saturated carbocycles. The van der Waals surface area contributed by atoms with Crippen LogP contribution in [0.25, 0.3) is 27.8 Å². The number of hydrogen-bond acceptors (Lipinski definition) is 14. The molecule has 2 N–H and O–H groups in total. The predicted octanol–water partition coefficient (Wildman–Crippen LogP) is 7.28. The third-order valence-corrected chi connectivity index (χ3v) is 16.1. The van der Waals surface area contributed by atoms with Gasteiger partial charge in [-0.2, -0.15) is 27.8 Å². The molecule has 0 radical (unpaired) electrons. The molecule has 5 aliphatic heterocycles. The molecule has 5 saturated heterocycles. The number of piperazine rings is 2. The van der Waals surface area contributed by atoms with Gasteiger partial charge in [0.05, 0.1) is 48.1 Å². The first-order valence-corrected chi connectivity index (χ1v) is 26.7. The Morgan fingerprint density at radius 2 is 1.57 bits per heavy atom. The summed E-state index contributed by atoms with van der Waals surface area (Å²) >= 11 is 0. The van der Waals surface area contributed by atoms with E-state index in [1.54, 1.807) is 61.4 Å². The minimum atomic E-state index is -4.77. The fourth-order valence-electron chi connectivity index (χ4n) is 10.9. The smallest absolute Gasteiger partial charge is 0.421 e. The maximum Gasteiger partial charge on any atom is 0.421 e. The number of aromatic nitrogens is 5. The van der Waals surface area contributed by atoms with Gasteiger partial charge >= 0.3 is 6.18 Å². The van der Waals surface area contributed by atoms with Crippen molar-refractivity contribution < 1.29 is 41.3 Å². The number of aliphatic hydroxyl groups is 2. The first kappa shape index (κ1) is 52.6. The summed E-state index contributed by atoms with van der Waals surface area (Å²) in [5.74, 6) is 2.13. The molecule has 5 unspecified atom stereocenters. The Balaban J connectivity index is 0.000000183. The zero-order valence-electron chi connectivity index (χ0n) is 42.7. The van der Waals surface area contributed by atoms with Gasteiger partial charge in [-0.3, -0.25) is 14.8 Å². The van der Waals surface area contributed by atoms with E-state index in [1.807, 2.05) is 49.6 Å². The van der Waals surface area contributed by atoms with Crippen LogP contribution in [-0.2, 0) is 35.1 Å². The molecule has 11 rings (SSSR count). The summed E-state index contributed by atoms with van der Waals surface area (Å²) in [6.45, 7) is 12.7. The number of ether oxygens (including phenoxy) is 2. The van der Waals surface area contributed by atoms with Crippen LogP contribution in [-0.4, -0.2) is 139 Å². The molecule has 6 aromatic rings. The number of likely N-dealkylation sites (tertiary alicyclic amines) is 1. The summed E-state index contributed by atoms with van der Waals surface area (Å²) in [6, 6.07) is 19.5. The third-order valence-electron chi connectivity index (χ3n) is 14.7. The summed E-state index contributed by atoms with van der Waals surface area (Å²) in [5.41, 5.74) is 4.12. The third kappa shape index (κ3) is 11.0. The molecule has 0 amide bonds. The fraction of sp³-hybridized carbons (Fsp3) is 0.463. The van der Waals surface area contributed by atoms with E-state index < -0.39 is 27.4 Å². The molecule has 5 fully saturated rings. The van der Waals surface area contributed by atoms with Crippen molar-refractivity contribution in [2.45, 2.75) is 115 Å². The van der Waals surface area contributed by atoms with E-state index in [0.717, 1.165) is 85.1 Å². The van der Waals surface area contributed by atoms with Crippen LogP contribution in [0, 0.1) is 18.3 Å². The number of halogens is 3. The van der Waals surface area contributed by atoms with Crippen LogP contribution in [0.1, 0.15) is 80.5 Å². The van der Waals surface area contributed by atoms with E-state index in [1.165, 1.54) is 30.4 Å². The molecule has 5 aromatic heterocycles. The zero-order valence-corrected chi connectivity index (χ0v) is 43.5. The highest BCUT2D eigenvalue weighted by Crippen LogP contribution is 2.41. The van der Waals surface area contributed by atoms with Crippen LogP contribution < -0.4 is 14.4 Å². The van der Waals surface area contributed by atoms with E-state index >= 15 is 0 Å². The highest BCUT2D eigenvalue weighted by atomic mass is 32.2. The van der Waals surface area contributed by atoms with E-state index in [0.29, 0.717) is 60.0 Å². The number of benzene rings is 1. The number of hydrogen-bond donors (Lipinski definition) is 2. The number of anilines is 1. The lowest BCUT2D eigenvalue weighted by Gasteiger charge is -2.56. The van der Waals surface area contributed by atoms with Crippen molar-refractivity contribution in [1.82, 2.24) is 38.7 Å². The van der Waals surface area contributed by atoms with Gasteiger partial charge in [-0.05, 0) is 105 Å². The molecule has 10 heterocycles. The Labute approximate surface area is 430 Å². The number of sulfonamides is 1. The standard InChI is InChI=1S/C29H31N7O3.C25H32F3N3O3S/c1-29(2,37)18-39-24-9-25(28-21(10-30)13-33-36(28)17-24)20-5-6-26(31-12-20)34-15-22-8-23(16-34)35(22)14-19-4-7-27(38-3)32-11-19;1-5-17-11-19(13-30-14-20-7-8-21(15-30)31(20)35(4,33)34)29-12-23(17)22-9-6-18(10-16(22)2)24(3,32)25(26,27)28/h4-7,9,11-13,17,22-23,37H,8,14-16,18H2,1-3H3;6,9-12,20-21,32H,5,7-8,13-15H2,1-4H3. The van der Waals surface area contributed by atoms with E-state index in [-0.39, 0.29) is 24.3 Å². The number of nitrogens with zero attached hydrogens (tertiary/aromatic N) is 10. The maximum absolute atomic E-state index is 13.3. The van der Waals surface area contributed by atoms with Crippen LogP contribution in [0.4, 0.5) is 19.0 Å². The Morgan fingerprint density at radius 3 is 2.15 bits per heavy atom. The minimum absolute atomic E-state index is 0.00346. The van der Waals surface area contributed by atoms with Crippen molar-refractivity contribution in [3.05, 3.63) is 119 Å². The van der Waals surface area contributed by atoms with Gasteiger partial charge in [-0.1, -0.05) is 31.2 Å². The lowest BCUT2D eigenvalue weighted by Crippen LogP contribution is -2.68. The van der Waals surface area contributed by atoms with Crippen LogP contribution in [0.5, 0.6) is 11.6 Å². The van der Waals surface area contributed by atoms with Crippen molar-refractivity contribution in [3.8, 4) is 40.0 Å². The van der Waals surface area contributed by atoms with Gasteiger partial charge in [0.15, 0.2) is 5.60 Å². The van der Waals surface area contributed by atoms with E-state index in [2.05, 4.69) is 41.9 Å². The van der Waals surface area contributed by atoms with Crippen molar-refractivity contribution in [2.24, 2.45) is 0 Å². The lowest BCUT2D eigenvalue weighted by atomic mass is 9.87. The number of methoxy groups -OCH3 is 1. The topological polar surface area (TPSA) is 186 Å². The number of alkyl halides is 3. The molecule has 16 nitrogen and oxygen atoms in total. The number of piperidine rings is 1. The van der Waals surface area contributed by atoms with E-state index in [4.69, 9.17) is 14.5 Å². The molecule has 392 valence electrons. The zero-order chi connectivity index (χ0) is 52.9. The molecule has 20 heteroatoms. The highest BCUT2D eigenvalue weighted by molar-refractivity contribution is 7.88. The highest BCUT2D eigenvalue weighted by Gasteiger charge is 2.51. The normalized spacial score (nSPS) is 21.1. The largest absolute Gasteiger partial charge is 0.489 e. The molecule has 5 aliphatic rings. The maximum atomic E-state index is 13.3. The summed E-state index contributed by atoms with van der Waals surface area (Å²) in [7, 11) is -1.59. The number of aryl methyl sites for hydroxylation is 2. The second kappa shape index (κ2) is 20.5.